The molecule has 0 bridgehead atoms. The maximum Gasteiger partial charge on any atom is 0.283 e. The van der Waals surface area contributed by atoms with E-state index in [0.29, 0.717) is 16.6 Å². The second-order valence-electron chi connectivity index (χ2n) is 5.70. The summed E-state index contributed by atoms with van der Waals surface area (Å²) in [6.07, 6.45) is 6.19. The first-order valence-corrected chi connectivity index (χ1v) is 8.29. The van der Waals surface area contributed by atoms with Gasteiger partial charge in [0.1, 0.15) is 0 Å². The van der Waals surface area contributed by atoms with Crippen molar-refractivity contribution in [2.45, 2.75) is 51.1 Å². The number of rotatable bonds is 5. The summed E-state index contributed by atoms with van der Waals surface area (Å²) in [6, 6.07) is 5.96. The van der Waals surface area contributed by atoms with Crippen molar-refractivity contribution >= 4 is 27.3 Å². The zero-order valence-corrected chi connectivity index (χ0v) is 13.9. The van der Waals surface area contributed by atoms with Gasteiger partial charge in [-0.05, 0) is 60.8 Å². The Hall–Kier alpha value is -1.14. The van der Waals surface area contributed by atoms with Gasteiger partial charge in [-0.3, -0.25) is 10.1 Å². The standard InChI is InChI=1S/C15H22BrN3O2/c1-11(9-12-5-3-2-4-8-17-12)18-13-6-7-15(19(20)21)14(16)10-13/h6-7,10-12,17-18H,2-5,8-9H2,1H3. The van der Waals surface area contributed by atoms with Crippen molar-refractivity contribution in [1.29, 1.82) is 0 Å². The lowest BCUT2D eigenvalue weighted by molar-refractivity contribution is -0.385. The molecule has 21 heavy (non-hydrogen) atoms. The third kappa shape index (κ3) is 4.97. The zero-order valence-electron chi connectivity index (χ0n) is 12.3. The first-order valence-electron chi connectivity index (χ1n) is 7.50. The molecule has 1 heterocycles. The lowest BCUT2D eigenvalue weighted by Crippen LogP contribution is -2.33. The Balaban J connectivity index is 1.91. The highest BCUT2D eigenvalue weighted by Crippen LogP contribution is 2.28. The Kier molecular flexibility index (Phi) is 5.99. The van der Waals surface area contributed by atoms with Crippen LogP contribution in [0.5, 0.6) is 0 Å². The van der Waals surface area contributed by atoms with Gasteiger partial charge in [0.05, 0.1) is 9.40 Å². The van der Waals surface area contributed by atoms with Crippen LogP contribution in [-0.4, -0.2) is 23.6 Å². The van der Waals surface area contributed by atoms with Crippen molar-refractivity contribution in [1.82, 2.24) is 5.32 Å². The normalized spacial score (nSPS) is 20.6. The minimum absolute atomic E-state index is 0.0960. The van der Waals surface area contributed by atoms with E-state index in [4.69, 9.17) is 0 Å². The molecule has 0 aromatic heterocycles. The SMILES string of the molecule is CC(CC1CCCCCN1)Nc1ccc([N+](=O)[O-])c(Br)c1. The minimum atomic E-state index is -0.382. The maximum absolute atomic E-state index is 10.8. The monoisotopic (exact) mass is 355 g/mol. The third-order valence-corrected chi connectivity index (χ3v) is 4.49. The molecule has 0 saturated carbocycles. The van der Waals surface area contributed by atoms with Crippen LogP contribution in [0.3, 0.4) is 0 Å². The highest BCUT2D eigenvalue weighted by atomic mass is 79.9. The number of nitrogens with one attached hydrogen (secondary N) is 2. The summed E-state index contributed by atoms with van der Waals surface area (Å²) in [5.41, 5.74) is 1.01. The first kappa shape index (κ1) is 16.2. The van der Waals surface area contributed by atoms with Crippen LogP contribution in [0.4, 0.5) is 11.4 Å². The second kappa shape index (κ2) is 7.75. The predicted octanol–water partition coefficient (Wildman–Crippen LogP) is 4.08. The van der Waals surface area contributed by atoms with Crippen LogP contribution in [0.25, 0.3) is 0 Å². The summed E-state index contributed by atoms with van der Waals surface area (Å²) in [6.45, 7) is 3.27. The van der Waals surface area contributed by atoms with Crippen LogP contribution in [0.1, 0.15) is 39.0 Å². The van der Waals surface area contributed by atoms with E-state index in [1.165, 1.54) is 31.7 Å². The molecule has 5 nitrogen and oxygen atoms in total. The summed E-state index contributed by atoms with van der Waals surface area (Å²) in [5, 5.41) is 17.8. The van der Waals surface area contributed by atoms with E-state index in [1.54, 1.807) is 12.1 Å². The number of hydrogen-bond donors (Lipinski definition) is 2. The molecule has 0 aliphatic carbocycles. The van der Waals surface area contributed by atoms with Crippen LogP contribution in [0.2, 0.25) is 0 Å². The number of nitro benzene ring substituents is 1. The van der Waals surface area contributed by atoms with E-state index in [0.717, 1.165) is 18.7 Å². The predicted molar refractivity (Wildman–Crippen MR) is 88.8 cm³/mol. The highest BCUT2D eigenvalue weighted by molar-refractivity contribution is 9.10. The Morgan fingerprint density at radius 3 is 3.00 bits per heavy atom. The fraction of sp³-hybridized carbons (Fsp3) is 0.600. The van der Waals surface area contributed by atoms with E-state index >= 15 is 0 Å². The number of benzene rings is 1. The molecule has 1 aromatic rings. The van der Waals surface area contributed by atoms with Gasteiger partial charge < -0.3 is 10.6 Å². The van der Waals surface area contributed by atoms with E-state index < -0.39 is 0 Å². The molecule has 6 heteroatoms. The topological polar surface area (TPSA) is 67.2 Å². The molecule has 0 spiro atoms. The Bertz CT molecular complexity index is 488. The second-order valence-corrected chi connectivity index (χ2v) is 6.56. The fourth-order valence-corrected chi connectivity index (χ4v) is 3.34. The van der Waals surface area contributed by atoms with Crippen molar-refractivity contribution in [3.63, 3.8) is 0 Å². The van der Waals surface area contributed by atoms with Gasteiger partial charge >= 0.3 is 0 Å². The molecular weight excluding hydrogens is 334 g/mol. The molecule has 116 valence electrons. The average Bonchev–Trinajstić information content (AvgIpc) is 2.66. The molecule has 1 saturated heterocycles. The Labute approximate surface area is 133 Å². The Morgan fingerprint density at radius 2 is 2.29 bits per heavy atom. The van der Waals surface area contributed by atoms with Gasteiger partial charge in [0.2, 0.25) is 0 Å². The number of nitro groups is 1. The number of anilines is 1. The molecule has 1 fully saturated rings. The van der Waals surface area contributed by atoms with Crippen molar-refractivity contribution in [2.24, 2.45) is 0 Å². The first-order chi connectivity index (χ1) is 10.1. The van der Waals surface area contributed by atoms with Crippen LogP contribution >= 0.6 is 15.9 Å². The molecule has 1 aromatic carbocycles. The van der Waals surface area contributed by atoms with Crippen LogP contribution in [0, 0.1) is 10.1 Å². The number of hydrogen-bond acceptors (Lipinski definition) is 4. The van der Waals surface area contributed by atoms with Crippen LogP contribution in [-0.2, 0) is 0 Å². The van der Waals surface area contributed by atoms with E-state index in [9.17, 15) is 10.1 Å². The average molecular weight is 356 g/mol. The van der Waals surface area contributed by atoms with Crippen molar-refractivity contribution < 1.29 is 4.92 Å². The Morgan fingerprint density at radius 1 is 1.48 bits per heavy atom. The minimum Gasteiger partial charge on any atom is -0.382 e. The fourth-order valence-electron chi connectivity index (χ4n) is 2.82. The zero-order chi connectivity index (χ0) is 15.2. The summed E-state index contributed by atoms with van der Waals surface area (Å²) in [7, 11) is 0. The maximum atomic E-state index is 10.8. The van der Waals surface area contributed by atoms with Crippen molar-refractivity contribution in [3.8, 4) is 0 Å². The van der Waals surface area contributed by atoms with Gasteiger partial charge in [0.25, 0.3) is 5.69 Å². The smallest absolute Gasteiger partial charge is 0.283 e. The van der Waals surface area contributed by atoms with E-state index in [1.807, 2.05) is 0 Å². The number of halogens is 1. The molecule has 0 amide bonds. The van der Waals surface area contributed by atoms with Gasteiger partial charge in [-0.15, -0.1) is 0 Å². The lowest BCUT2D eigenvalue weighted by atomic mass is 10.0. The molecule has 2 rings (SSSR count). The van der Waals surface area contributed by atoms with Crippen LogP contribution < -0.4 is 10.6 Å². The van der Waals surface area contributed by atoms with E-state index in [2.05, 4.69) is 33.5 Å². The van der Waals surface area contributed by atoms with Gasteiger partial charge in [-0.2, -0.15) is 0 Å². The third-order valence-electron chi connectivity index (χ3n) is 3.86. The molecule has 1 aliphatic rings. The van der Waals surface area contributed by atoms with Gasteiger partial charge in [-0.25, -0.2) is 0 Å². The van der Waals surface area contributed by atoms with Crippen molar-refractivity contribution in [3.05, 3.63) is 32.8 Å². The molecule has 1 aliphatic heterocycles. The van der Waals surface area contributed by atoms with E-state index in [-0.39, 0.29) is 10.6 Å². The largest absolute Gasteiger partial charge is 0.382 e. The van der Waals surface area contributed by atoms with Gasteiger partial charge in [0.15, 0.2) is 0 Å². The van der Waals surface area contributed by atoms with Crippen molar-refractivity contribution in [2.75, 3.05) is 11.9 Å². The molecule has 2 N–H and O–H groups in total. The van der Waals surface area contributed by atoms with Gasteiger partial charge in [0, 0.05) is 23.8 Å². The highest BCUT2D eigenvalue weighted by Gasteiger charge is 2.16. The summed E-state index contributed by atoms with van der Waals surface area (Å²) < 4.78 is 0.511. The molecule has 2 atom stereocenters. The molecule has 2 unspecified atom stereocenters. The molecular formula is C15H22BrN3O2. The van der Waals surface area contributed by atoms with Gasteiger partial charge in [-0.1, -0.05) is 12.8 Å². The lowest BCUT2D eigenvalue weighted by Gasteiger charge is -2.22. The summed E-state index contributed by atoms with van der Waals surface area (Å²) >= 11 is 3.25. The van der Waals surface area contributed by atoms with Crippen LogP contribution in [0.15, 0.2) is 22.7 Å². The number of nitrogens with zero attached hydrogens (tertiary/aromatic N) is 1. The molecule has 0 radical (unpaired) electrons. The quantitative estimate of drug-likeness (QED) is 0.616. The summed E-state index contributed by atoms with van der Waals surface area (Å²) in [5.74, 6) is 0. The summed E-state index contributed by atoms with van der Waals surface area (Å²) in [4.78, 5) is 10.4.